The molecule has 1 aliphatic carbocycles. The first-order chi connectivity index (χ1) is 29.2. The maximum Gasteiger partial charge on any atom is 0.410 e. The van der Waals surface area contributed by atoms with E-state index in [0.29, 0.717) is 25.7 Å². The Hall–Kier alpha value is -5.63. The molecule has 0 unspecified atom stereocenters. The van der Waals surface area contributed by atoms with Crippen LogP contribution in [0.15, 0.2) is 42.5 Å². The zero-order valence-corrected chi connectivity index (χ0v) is 36.4. The lowest BCUT2D eigenvalue weighted by Gasteiger charge is -2.32. The molecule has 3 aliphatic heterocycles. The molecule has 0 radical (unpaired) electrons. The molecule has 14 nitrogen and oxygen atoms in total. The van der Waals surface area contributed by atoms with Crippen LogP contribution in [0.1, 0.15) is 115 Å². The lowest BCUT2D eigenvalue weighted by atomic mass is 9.92. The smallest absolute Gasteiger partial charge is 0.410 e. The van der Waals surface area contributed by atoms with Crippen LogP contribution in [0.2, 0.25) is 0 Å². The van der Waals surface area contributed by atoms with Crippen molar-refractivity contribution >= 4 is 39.9 Å². The van der Waals surface area contributed by atoms with E-state index in [1.807, 2.05) is 57.4 Å². The van der Waals surface area contributed by atoms with Gasteiger partial charge in [0.05, 0.1) is 48.2 Å². The molecule has 9 rings (SSSR count). The normalized spacial score (nSPS) is 21.7. The maximum atomic E-state index is 14.0. The Morgan fingerprint density at radius 2 is 1.74 bits per heavy atom. The Balaban J connectivity index is 1.01. The number of fused-ring (bicyclic) bond motifs is 6. The third-order valence-electron chi connectivity index (χ3n) is 12.7. The number of ether oxygens (including phenoxy) is 4. The molecule has 5 aromatic rings. The summed E-state index contributed by atoms with van der Waals surface area (Å²) in [5, 5.41) is 4.79. The Kier molecular flexibility index (Phi) is 10.5. The van der Waals surface area contributed by atoms with Crippen molar-refractivity contribution in [2.75, 3.05) is 27.4 Å². The van der Waals surface area contributed by atoms with Crippen molar-refractivity contribution in [2.45, 2.75) is 116 Å². The van der Waals surface area contributed by atoms with Gasteiger partial charge in [0, 0.05) is 48.0 Å². The van der Waals surface area contributed by atoms with Crippen LogP contribution in [-0.2, 0) is 25.6 Å². The predicted molar refractivity (Wildman–Crippen MR) is 231 cm³/mol. The summed E-state index contributed by atoms with van der Waals surface area (Å²) in [6, 6.07) is 13.7. The third-order valence-corrected chi connectivity index (χ3v) is 12.7. The minimum Gasteiger partial charge on any atom is -0.488 e. The molecule has 1 saturated carbocycles. The second-order valence-corrected chi connectivity index (χ2v) is 18.7. The van der Waals surface area contributed by atoms with Crippen molar-refractivity contribution in [2.24, 2.45) is 11.8 Å². The summed E-state index contributed by atoms with van der Waals surface area (Å²) in [5.41, 5.74) is 7.43. The number of aromatic amines is 2. The van der Waals surface area contributed by atoms with Crippen molar-refractivity contribution in [3.05, 3.63) is 65.4 Å². The van der Waals surface area contributed by atoms with Gasteiger partial charge in [-0.1, -0.05) is 32.0 Å². The van der Waals surface area contributed by atoms with Crippen LogP contribution in [-0.4, -0.2) is 92.9 Å². The SMILES string of the molecule is COC[C@H]1C[C@@H](c2nc(C3CC3)c(-c3ccc4c(c3)COc3cc5c(ccc6nc([C@@H]7CC[C@H](C)N7C(=O)[C@@H](NC(=O)OC)C(C)C)[nH]c65)cc3-4)[nH]2)N(C(=O)OC(C)(C)C)C1. The van der Waals surface area contributed by atoms with Crippen LogP contribution in [0.5, 0.6) is 5.75 Å². The van der Waals surface area contributed by atoms with Gasteiger partial charge in [0.1, 0.15) is 35.6 Å². The van der Waals surface area contributed by atoms with Gasteiger partial charge >= 0.3 is 12.2 Å². The fourth-order valence-electron chi connectivity index (χ4n) is 9.61. The number of carbonyl (C=O) groups excluding carboxylic acids is 3. The minimum atomic E-state index is -0.719. The lowest BCUT2D eigenvalue weighted by Crippen LogP contribution is -2.52. The van der Waals surface area contributed by atoms with Crippen molar-refractivity contribution in [1.29, 1.82) is 0 Å². The molecule has 4 aliphatic rings. The monoisotopic (exact) mass is 831 g/mol. The number of imidazole rings is 2. The van der Waals surface area contributed by atoms with Gasteiger partial charge in [0.25, 0.3) is 0 Å². The van der Waals surface area contributed by atoms with Gasteiger partial charge in [0.15, 0.2) is 0 Å². The minimum absolute atomic E-state index is 0.0181. The van der Waals surface area contributed by atoms with Gasteiger partial charge in [0.2, 0.25) is 5.91 Å². The number of aromatic nitrogens is 4. The van der Waals surface area contributed by atoms with Crippen LogP contribution < -0.4 is 10.1 Å². The number of nitrogens with zero attached hydrogens (tertiary/aromatic N) is 4. The number of likely N-dealkylation sites (tertiary alicyclic amines) is 2. The van der Waals surface area contributed by atoms with E-state index in [9.17, 15) is 14.4 Å². The number of H-pyrrole nitrogens is 2. The van der Waals surface area contributed by atoms with Crippen LogP contribution in [0.25, 0.3) is 44.2 Å². The van der Waals surface area contributed by atoms with Crippen molar-refractivity contribution in [3.63, 3.8) is 0 Å². The highest BCUT2D eigenvalue weighted by Crippen LogP contribution is 2.48. The Morgan fingerprint density at radius 3 is 2.46 bits per heavy atom. The highest BCUT2D eigenvalue weighted by atomic mass is 16.6. The molecule has 0 spiro atoms. The average Bonchev–Trinajstić information content (AvgIpc) is 3.53. The molecule has 3 fully saturated rings. The van der Waals surface area contributed by atoms with Crippen molar-refractivity contribution < 1.29 is 33.3 Å². The van der Waals surface area contributed by atoms with Gasteiger partial charge in [-0.2, -0.15) is 0 Å². The zero-order valence-electron chi connectivity index (χ0n) is 36.4. The third kappa shape index (κ3) is 7.68. The summed E-state index contributed by atoms with van der Waals surface area (Å²) in [5.74, 6) is 2.61. The highest BCUT2D eigenvalue weighted by Gasteiger charge is 2.43. The molecule has 2 aromatic heterocycles. The molecule has 3 N–H and O–H groups in total. The van der Waals surface area contributed by atoms with Crippen LogP contribution in [0.3, 0.4) is 0 Å². The number of alkyl carbamates (subject to hydrolysis) is 1. The van der Waals surface area contributed by atoms with E-state index in [1.165, 1.54) is 7.11 Å². The second kappa shape index (κ2) is 15.7. The number of rotatable bonds is 9. The first-order valence-electron chi connectivity index (χ1n) is 21.7. The number of amides is 3. The van der Waals surface area contributed by atoms with Gasteiger partial charge in [-0.25, -0.2) is 19.6 Å². The van der Waals surface area contributed by atoms with E-state index in [0.717, 1.165) is 105 Å². The zero-order chi connectivity index (χ0) is 42.9. The standard InChI is InChI=1S/C47H57N7O7/c1-24(2)38(52-45(56)59-8)44(55)54-25(3)9-16-35(54)42-48-34-15-13-28-19-33-31-14-12-29(18-30(31)23-60-37(33)20-32(28)41(34)51-42)40-39(27-10-11-27)49-43(50-40)36-17-26(22-58-7)21-53(36)46(57)61-47(4,5)6/h12-15,18-20,24-27,35-36,38H,9-11,16-17,21-23H2,1-8H3,(H,48,51)(H,49,50)(H,52,56)/t25-,26-,35-,36-,38-/m0/s1. The molecule has 5 heterocycles. The first-order valence-corrected chi connectivity index (χ1v) is 21.7. The van der Waals surface area contributed by atoms with Crippen molar-refractivity contribution in [3.8, 4) is 28.1 Å². The molecule has 61 heavy (non-hydrogen) atoms. The van der Waals surface area contributed by atoms with E-state index in [4.69, 9.17) is 28.9 Å². The van der Waals surface area contributed by atoms with Gasteiger partial charge < -0.3 is 39.1 Å². The van der Waals surface area contributed by atoms with E-state index >= 15 is 0 Å². The van der Waals surface area contributed by atoms with E-state index in [-0.39, 0.29) is 42.0 Å². The summed E-state index contributed by atoms with van der Waals surface area (Å²) in [6.45, 7) is 13.1. The van der Waals surface area contributed by atoms with Crippen molar-refractivity contribution in [1.82, 2.24) is 35.1 Å². The number of nitrogens with one attached hydrogen (secondary N) is 3. The number of benzene rings is 3. The highest BCUT2D eigenvalue weighted by molar-refractivity contribution is 6.07. The molecular formula is C47H57N7O7. The Labute approximate surface area is 356 Å². The van der Waals surface area contributed by atoms with E-state index < -0.39 is 17.7 Å². The summed E-state index contributed by atoms with van der Waals surface area (Å²) in [6.07, 6.45) is 3.55. The van der Waals surface area contributed by atoms with Gasteiger partial charge in [-0.15, -0.1) is 0 Å². The van der Waals surface area contributed by atoms with E-state index in [1.54, 1.807) is 7.11 Å². The maximum absolute atomic E-state index is 14.0. The van der Waals surface area contributed by atoms with Crippen LogP contribution in [0.4, 0.5) is 9.59 Å². The largest absolute Gasteiger partial charge is 0.488 e. The molecular weight excluding hydrogens is 775 g/mol. The molecule has 14 heteroatoms. The quantitative estimate of drug-likeness (QED) is 0.132. The number of methoxy groups -OCH3 is 2. The van der Waals surface area contributed by atoms with Gasteiger partial charge in [-0.05, 0) is 106 Å². The number of hydrogen-bond donors (Lipinski definition) is 3. The predicted octanol–water partition coefficient (Wildman–Crippen LogP) is 8.92. The second-order valence-electron chi connectivity index (χ2n) is 18.7. The Morgan fingerprint density at radius 1 is 0.951 bits per heavy atom. The summed E-state index contributed by atoms with van der Waals surface area (Å²) in [7, 11) is 3.00. The number of carbonyl (C=O) groups is 3. The molecule has 5 atom stereocenters. The Bertz CT molecular complexity index is 2520. The fourth-order valence-corrected chi connectivity index (χ4v) is 9.61. The number of hydrogen-bond acceptors (Lipinski definition) is 9. The summed E-state index contributed by atoms with van der Waals surface area (Å²) in [4.78, 5) is 60.9. The molecule has 322 valence electrons. The lowest BCUT2D eigenvalue weighted by molar-refractivity contribution is -0.137. The first kappa shape index (κ1) is 40.8. The molecule has 3 amide bonds. The molecule has 3 aromatic carbocycles. The molecule has 2 saturated heterocycles. The average molecular weight is 832 g/mol. The topological polar surface area (TPSA) is 164 Å². The van der Waals surface area contributed by atoms with E-state index in [2.05, 4.69) is 51.7 Å². The van der Waals surface area contributed by atoms with Crippen LogP contribution >= 0.6 is 0 Å². The summed E-state index contributed by atoms with van der Waals surface area (Å²) < 4.78 is 22.7. The molecule has 0 bridgehead atoms. The van der Waals surface area contributed by atoms with Gasteiger partial charge in [-0.3, -0.25) is 9.69 Å². The van der Waals surface area contributed by atoms with Crippen LogP contribution in [0, 0.1) is 11.8 Å². The summed E-state index contributed by atoms with van der Waals surface area (Å²) >= 11 is 0. The fraction of sp³-hybridized carbons (Fsp3) is 0.511.